The molecule has 2 bridgehead atoms. The van der Waals surface area contributed by atoms with Gasteiger partial charge in [0.2, 0.25) is 11.9 Å². The molecule has 4 N–H and O–H groups in total. The summed E-state index contributed by atoms with van der Waals surface area (Å²) in [6.07, 6.45) is 5.60. The minimum Gasteiger partial charge on any atom is -0.368 e. The SMILES string of the molecule is CC1CN(c2ccc(-n3nc(N)nc3N)cc2F)CCN1[C@H]1C[C@@H]2CC[C@H]1C2. The molecule has 2 aliphatic carbocycles. The van der Waals surface area contributed by atoms with Crippen molar-refractivity contribution >= 4 is 17.6 Å². The van der Waals surface area contributed by atoms with Crippen molar-refractivity contribution in [3.05, 3.63) is 24.0 Å². The van der Waals surface area contributed by atoms with Crippen LogP contribution in [0.5, 0.6) is 0 Å². The van der Waals surface area contributed by atoms with Crippen LogP contribution in [0.2, 0.25) is 0 Å². The molecule has 2 saturated carbocycles. The molecule has 0 radical (unpaired) electrons. The van der Waals surface area contributed by atoms with Gasteiger partial charge in [-0.3, -0.25) is 4.90 Å². The molecule has 8 heteroatoms. The first-order chi connectivity index (χ1) is 13.5. The largest absolute Gasteiger partial charge is 0.368 e. The lowest BCUT2D eigenvalue weighted by Crippen LogP contribution is -2.56. The van der Waals surface area contributed by atoms with Crippen molar-refractivity contribution in [1.82, 2.24) is 19.7 Å². The van der Waals surface area contributed by atoms with Gasteiger partial charge in [-0.2, -0.15) is 9.67 Å². The topological polar surface area (TPSA) is 89.2 Å². The van der Waals surface area contributed by atoms with E-state index in [9.17, 15) is 4.39 Å². The maximum absolute atomic E-state index is 14.9. The molecule has 2 heterocycles. The van der Waals surface area contributed by atoms with Gasteiger partial charge in [0.05, 0.1) is 11.4 Å². The highest BCUT2D eigenvalue weighted by atomic mass is 19.1. The number of hydrogen-bond donors (Lipinski definition) is 2. The quantitative estimate of drug-likeness (QED) is 0.843. The molecule has 150 valence electrons. The number of nitrogens with zero attached hydrogens (tertiary/aromatic N) is 5. The Kier molecular flexibility index (Phi) is 4.19. The lowest BCUT2D eigenvalue weighted by Gasteiger charge is -2.46. The highest BCUT2D eigenvalue weighted by molar-refractivity contribution is 5.54. The maximum atomic E-state index is 14.9. The number of anilines is 3. The van der Waals surface area contributed by atoms with E-state index in [0.717, 1.165) is 37.5 Å². The fraction of sp³-hybridized carbons (Fsp3) is 0.600. The molecule has 4 atom stereocenters. The zero-order chi connectivity index (χ0) is 19.4. The van der Waals surface area contributed by atoms with E-state index < -0.39 is 0 Å². The third-order valence-corrected chi connectivity index (χ3v) is 6.97. The molecule has 28 heavy (non-hydrogen) atoms. The van der Waals surface area contributed by atoms with Crippen LogP contribution in [-0.2, 0) is 0 Å². The smallest absolute Gasteiger partial charge is 0.241 e. The molecule has 0 amide bonds. The Bertz CT molecular complexity index is 881. The summed E-state index contributed by atoms with van der Waals surface area (Å²) >= 11 is 0. The monoisotopic (exact) mass is 385 g/mol. The second-order valence-electron chi connectivity index (χ2n) is 8.65. The molecule has 2 aromatic rings. The Labute approximate surface area is 164 Å². The van der Waals surface area contributed by atoms with E-state index in [1.165, 1.54) is 36.4 Å². The van der Waals surface area contributed by atoms with E-state index in [2.05, 4.69) is 26.8 Å². The van der Waals surface area contributed by atoms with Crippen molar-refractivity contribution in [3.63, 3.8) is 0 Å². The zero-order valence-electron chi connectivity index (χ0n) is 16.3. The van der Waals surface area contributed by atoms with E-state index >= 15 is 0 Å². The minimum atomic E-state index is -0.272. The number of fused-ring (bicyclic) bond motifs is 2. The lowest BCUT2D eigenvalue weighted by molar-refractivity contribution is 0.0900. The predicted octanol–water partition coefficient (Wildman–Crippen LogP) is 2.27. The molecule has 1 unspecified atom stereocenters. The van der Waals surface area contributed by atoms with Gasteiger partial charge >= 0.3 is 0 Å². The van der Waals surface area contributed by atoms with E-state index in [0.29, 0.717) is 17.4 Å². The van der Waals surface area contributed by atoms with Crippen molar-refractivity contribution < 1.29 is 4.39 Å². The highest BCUT2D eigenvalue weighted by Crippen LogP contribution is 2.47. The number of piperazine rings is 1. The Hall–Kier alpha value is -2.35. The second-order valence-corrected chi connectivity index (χ2v) is 8.65. The minimum absolute atomic E-state index is 0.0764. The fourth-order valence-electron chi connectivity index (χ4n) is 5.72. The third kappa shape index (κ3) is 2.90. The molecule has 7 nitrogen and oxygen atoms in total. The molecule has 3 fully saturated rings. The molecule has 3 aliphatic rings. The number of nitrogen functional groups attached to an aromatic ring is 2. The molecule has 1 aliphatic heterocycles. The van der Waals surface area contributed by atoms with E-state index in [4.69, 9.17) is 11.5 Å². The van der Waals surface area contributed by atoms with Crippen LogP contribution in [0.1, 0.15) is 32.6 Å². The number of benzene rings is 1. The van der Waals surface area contributed by atoms with Crippen LogP contribution in [0, 0.1) is 17.7 Å². The van der Waals surface area contributed by atoms with Crippen molar-refractivity contribution in [3.8, 4) is 5.69 Å². The summed E-state index contributed by atoms with van der Waals surface area (Å²) in [6, 6.07) is 6.25. The van der Waals surface area contributed by atoms with Gasteiger partial charge in [0.15, 0.2) is 0 Å². The zero-order valence-corrected chi connectivity index (χ0v) is 16.3. The normalized spacial score (nSPS) is 30.3. The van der Waals surface area contributed by atoms with Gasteiger partial charge in [0.1, 0.15) is 5.82 Å². The van der Waals surface area contributed by atoms with Gasteiger partial charge in [-0.15, -0.1) is 5.10 Å². The Morgan fingerprint density at radius 2 is 2.00 bits per heavy atom. The van der Waals surface area contributed by atoms with Gasteiger partial charge in [0, 0.05) is 37.8 Å². The molecular weight excluding hydrogens is 357 g/mol. The van der Waals surface area contributed by atoms with Crippen LogP contribution in [-0.4, -0.2) is 51.4 Å². The number of nitrogens with two attached hydrogens (primary N) is 2. The van der Waals surface area contributed by atoms with Crippen LogP contribution >= 0.6 is 0 Å². The van der Waals surface area contributed by atoms with E-state index in [-0.39, 0.29) is 17.7 Å². The van der Waals surface area contributed by atoms with Crippen molar-refractivity contribution in [2.24, 2.45) is 11.8 Å². The van der Waals surface area contributed by atoms with Crippen molar-refractivity contribution in [2.75, 3.05) is 36.0 Å². The summed E-state index contributed by atoms with van der Waals surface area (Å²) < 4.78 is 16.3. The fourth-order valence-corrected chi connectivity index (χ4v) is 5.72. The Morgan fingerprint density at radius 3 is 2.61 bits per heavy atom. The molecule has 0 spiro atoms. The summed E-state index contributed by atoms with van der Waals surface area (Å²) in [5.41, 5.74) is 12.5. The van der Waals surface area contributed by atoms with Gasteiger partial charge in [-0.25, -0.2) is 4.39 Å². The molecule has 1 saturated heterocycles. The first kappa shape index (κ1) is 17.7. The Morgan fingerprint density at radius 1 is 1.14 bits per heavy atom. The standard InChI is InChI=1S/C20H28FN7/c1-12-11-26(6-7-27(12)18-9-13-2-3-14(18)8-13)17-5-4-15(10-16(17)21)28-20(23)24-19(22)25-28/h4-5,10,12-14,18H,2-3,6-9,11H2,1H3,(H4,22,23,24,25)/t12?,13-,14+,18+/m1/s1. The van der Waals surface area contributed by atoms with E-state index in [1.54, 1.807) is 0 Å². The van der Waals surface area contributed by atoms with Gasteiger partial charge in [0.25, 0.3) is 0 Å². The highest BCUT2D eigenvalue weighted by Gasteiger charge is 2.44. The summed E-state index contributed by atoms with van der Waals surface area (Å²) in [7, 11) is 0. The molecular formula is C20H28FN7. The van der Waals surface area contributed by atoms with Crippen molar-refractivity contribution in [2.45, 2.75) is 44.7 Å². The van der Waals surface area contributed by atoms with Gasteiger partial charge < -0.3 is 16.4 Å². The van der Waals surface area contributed by atoms with Crippen LogP contribution < -0.4 is 16.4 Å². The summed E-state index contributed by atoms with van der Waals surface area (Å²) in [4.78, 5) is 8.72. The first-order valence-corrected chi connectivity index (χ1v) is 10.3. The number of hydrogen-bond acceptors (Lipinski definition) is 6. The number of halogens is 1. The van der Waals surface area contributed by atoms with Crippen LogP contribution in [0.25, 0.3) is 5.69 Å². The van der Waals surface area contributed by atoms with Crippen LogP contribution in [0.15, 0.2) is 18.2 Å². The summed E-state index contributed by atoms with van der Waals surface area (Å²) in [5.74, 6) is 1.79. The number of aromatic nitrogens is 3. The van der Waals surface area contributed by atoms with Crippen LogP contribution in [0.4, 0.5) is 22.0 Å². The summed E-state index contributed by atoms with van der Waals surface area (Å²) in [5, 5.41) is 4.02. The Balaban J connectivity index is 1.31. The van der Waals surface area contributed by atoms with Gasteiger partial charge in [-0.05, 0) is 50.2 Å². The van der Waals surface area contributed by atoms with Gasteiger partial charge in [-0.1, -0.05) is 6.42 Å². The lowest BCUT2D eigenvalue weighted by atomic mass is 9.92. The maximum Gasteiger partial charge on any atom is 0.241 e. The van der Waals surface area contributed by atoms with Crippen LogP contribution in [0.3, 0.4) is 0 Å². The first-order valence-electron chi connectivity index (χ1n) is 10.3. The average molecular weight is 385 g/mol. The third-order valence-electron chi connectivity index (χ3n) is 6.97. The average Bonchev–Trinajstić information content (AvgIpc) is 3.37. The molecule has 1 aromatic carbocycles. The summed E-state index contributed by atoms with van der Waals surface area (Å²) in [6.45, 7) is 4.99. The second kappa shape index (κ2) is 6.62. The van der Waals surface area contributed by atoms with E-state index in [1.807, 2.05) is 12.1 Å². The predicted molar refractivity (Wildman–Crippen MR) is 108 cm³/mol. The molecule has 1 aromatic heterocycles. The van der Waals surface area contributed by atoms with Crippen molar-refractivity contribution in [1.29, 1.82) is 0 Å². The molecule has 5 rings (SSSR count). The number of rotatable bonds is 3.